The van der Waals surface area contributed by atoms with E-state index in [1.165, 1.54) is 25.7 Å². The Labute approximate surface area is 62.3 Å². The fraction of sp³-hybridized carbons (Fsp3) is 0.778. The fourth-order valence-corrected chi connectivity index (χ4v) is 2.19. The van der Waals surface area contributed by atoms with E-state index in [9.17, 15) is 0 Å². The highest BCUT2D eigenvalue weighted by molar-refractivity contribution is 5.02. The molecule has 2 fully saturated rings. The first-order valence-corrected chi connectivity index (χ1v) is 4.21. The standard InChI is InChI=1S/C9H15N/c1-6(10)7-2-3-8-5-9(8)4-7/h7-9H,1-5,10H2. The molecule has 1 nitrogen and oxygen atoms in total. The molecule has 2 saturated carbocycles. The molecule has 2 aliphatic carbocycles. The van der Waals surface area contributed by atoms with Crippen LogP contribution in [0.3, 0.4) is 0 Å². The van der Waals surface area contributed by atoms with Crippen LogP contribution in [0.2, 0.25) is 0 Å². The van der Waals surface area contributed by atoms with Crippen molar-refractivity contribution in [2.24, 2.45) is 23.5 Å². The molecule has 0 amide bonds. The van der Waals surface area contributed by atoms with Gasteiger partial charge in [0.15, 0.2) is 0 Å². The summed E-state index contributed by atoms with van der Waals surface area (Å²) in [6.45, 7) is 3.81. The maximum absolute atomic E-state index is 5.65. The van der Waals surface area contributed by atoms with Crippen molar-refractivity contribution in [1.82, 2.24) is 0 Å². The van der Waals surface area contributed by atoms with Gasteiger partial charge in [0.2, 0.25) is 0 Å². The normalized spacial score (nSPS) is 44.2. The number of nitrogens with two attached hydrogens (primary N) is 1. The zero-order valence-electron chi connectivity index (χ0n) is 6.34. The summed E-state index contributed by atoms with van der Waals surface area (Å²) in [5.41, 5.74) is 6.58. The molecule has 2 rings (SSSR count). The second kappa shape index (κ2) is 2.01. The molecule has 0 saturated heterocycles. The Bertz CT molecular complexity index is 162. The van der Waals surface area contributed by atoms with Crippen molar-refractivity contribution in [2.45, 2.75) is 25.7 Å². The number of allylic oxidation sites excluding steroid dienone is 1. The van der Waals surface area contributed by atoms with Gasteiger partial charge in [0.25, 0.3) is 0 Å². The molecule has 56 valence electrons. The van der Waals surface area contributed by atoms with Gasteiger partial charge in [-0.25, -0.2) is 0 Å². The summed E-state index contributed by atoms with van der Waals surface area (Å²) in [5.74, 6) is 2.76. The van der Waals surface area contributed by atoms with Crippen molar-refractivity contribution >= 4 is 0 Å². The predicted octanol–water partition coefficient (Wildman–Crippen LogP) is 1.90. The minimum absolute atomic E-state index is 0.656. The predicted molar refractivity (Wildman–Crippen MR) is 42.3 cm³/mol. The molecule has 0 aliphatic heterocycles. The summed E-state index contributed by atoms with van der Waals surface area (Å²) in [6.07, 6.45) is 5.52. The Morgan fingerprint density at radius 2 is 2.00 bits per heavy atom. The topological polar surface area (TPSA) is 26.0 Å². The first kappa shape index (κ1) is 6.26. The molecular weight excluding hydrogens is 122 g/mol. The van der Waals surface area contributed by atoms with Gasteiger partial charge in [0, 0.05) is 5.70 Å². The van der Waals surface area contributed by atoms with Crippen molar-refractivity contribution in [1.29, 1.82) is 0 Å². The highest BCUT2D eigenvalue weighted by Crippen LogP contribution is 2.52. The third-order valence-corrected chi connectivity index (χ3v) is 3.07. The zero-order chi connectivity index (χ0) is 7.14. The largest absolute Gasteiger partial charge is 0.402 e. The average molecular weight is 137 g/mol. The van der Waals surface area contributed by atoms with E-state index in [1.807, 2.05) is 0 Å². The van der Waals surface area contributed by atoms with Gasteiger partial charge in [-0.05, 0) is 43.4 Å². The van der Waals surface area contributed by atoms with Gasteiger partial charge in [0.1, 0.15) is 0 Å². The summed E-state index contributed by atoms with van der Waals surface area (Å²) < 4.78 is 0. The molecule has 0 heterocycles. The highest BCUT2D eigenvalue weighted by Gasteiger charge is 2.42. The van der Waals surface area contributed by atoms with Crippen molar-refractivity contribution in [3.63, 3.8) is 0 Å². The van der Waals surface area contributed by atoms with Crippen molar-refractivity contribution in [3.05, 3.63) is 12.3 Å². The van der Waals surface area contributed by atoms with E-state index in [4.69, 9.17) is 5.73 Å². The molecule has 0 radical (unpaired) electrons. The van der Waals surface area contributed by atoms with Crippen molar-refractivity contribution in [2.75, 3.05) is 0 Å². The molecule has 2 aliphatic rings. The highest BCUT2D eigenvalue weighted by atomic mass is 14.6. The first-order chi connectivity index (χ1) is 4.77. The lowest BCUT2D eigenvalue weighted by Gasteiger charge is -2.20. The molecule has 0 spiro atoms. The molecule has 3 atom stereocenters. The van der Waals surface area contributed by atoms with Gasteiger partial charge in [0.05, 0.1) is 0 Å². The monoisotopic (exact) mass is 137 g/mol. The van der Waals surface area contributed by atoms with Gasteiger partial charge in [-0.2, -0.15) is 0 Å². The molecule has 3 unspecified atom stereocenters. The minimum Gasteiger partial charge on any atom is -0.402 e. The Morgan fingerprint density at radius 3 is 2.60 bits per heavy atom. The summed E-state index contributed by atoms with van der Waals surface area (Å²) in [7, 11) is 0. The molecular formula is C9H15N. The molecule has 1 heteroatoms. The number of fused-ring (bicyclic) bond motifs is 1. The van der Waals surface area contributed by atoms with E-state index in [1.54, 1.807) is 0 Å². The van der Waals surface area contributed by atoms with E-state index in [0.29, 0.717) is 5.92 Å². The summed E-state index contributed by atoms with van der Waals surface area (Å²) in [4.78, 5) is 0. The van der Waals surface area contributed by atoms with Crippen molar-refractivity contribution in [3.8, 4) is 0 Å². The van der Waals surface area contributed by atoms with Crippen LogP contribution in [0.15, 0.2) is 12.3 Å². The molecule has 0 aromatic rings. The van der Waals surface area contributed by atoms with E-state index in [0.717, 1.165) is 17.5 Å². The quantitative estimate of drug-likeness (QED) is 0.587. The zero-order valence-corrected chi connectivity index (χ0v) is 6.34. The van der Waals surface area contributed by atoms with Crippen LogP contribution in [0.4, 0.5) is 0 Å². The molecule has 10 heavy (non-hydrogen) atoms. The van der Waals surface area contributed by atoms with E-state index in [2.05, 4.69) is 6.58 Å². The van der Waals surface area contributed by atoms with Crippen LogP contribution in [0, 0.1) is 17.8 Å². The van der Waals surface area contributed by atoms with Gasteiger partial charge in [-0.15, -0.1) is 0 Å². The number of rotatable bonds is 1. The van der Waals surface area contributed by atoms with Crippen molar-refractivity contribution < 1.29 is 0 Å². The lowest BCUT2D eigenvalue weighted by molar-refractivity contribution is 0.383. The second-order valence-corrected chi connectivity index (χ2v) is 3.84. The molecule has 2 N–H and O–H groups in total. The summed E-state index contributed by atoms with van der Waals surface area (Å²) >= 11 is 0. The Balaban J connectivity index is 1.94. The summed E-state index contributed by atoms with van der Waals surface area (Å²) in [5, 5.41) is 0. The number of hydrogen-bond acceptors (Lipinski definition) is 1. The molecule has 0 aromatic heterocycles. The van der Waals surface area contributed by atoms with Crippen LogP contribution >= 0.6 is 0 Å². The van der Waals surface area contributed by atoms with E-state index in [-0.39, 0.29) is 0 Å². The second-order valence-electron chi connectivity index (χ2n) is 3.84. The lowest BCUT2D eigenvalue weighted by atomic mass is 9.88. The maximum atomic E-state index is 5.65. The van der Waals surface area contributed by atoms with Gasteiger partial charge in [-0.1, -0.05) is 6.58 Å². The van der Waals surface area contributed by atoms with Crippen LogP contribution < -0.4 is 5.73 Å². The molecule has 0 bridgehead atoms. The first-order valence-electron chi connectivity index (χ1n) is 4.21. The minimum atomic E-state index is 0.656. The third-order valence-electron chi connectivity index (χ3n) is 3.07. The van der Waals surface area contributed by atoms with Crippen LogP contribution in [-0.2, 0) is 0 Å². The lowest BCUT2D eigenvalue weighted by Crippen LogP contribution is -2.15. The van der Waals surface area contributed by atoms with E-state index >= 15 is 0 Å². The Hall–Kier alpha value is -0.460. The van der Waals surface area contributed by atoms with Gasteiger partial charge >= 0.3 is 0 Å². The SMILES string of the molecule is C=C(N)C1CCC2CC2C1. The Morgan fingerprint density at radius 1 is 1.20 bits per heavy atom. The number of hydrogen-bond donors (Lipinski definition) is 1. The van der Waals surface area contributed by atoms with Crippen LogP contribution in [0.25, 0.3) is 0 Å². The Kier molecular flexibility index (Phi) is 1.26. The van der Waals surface area contributed by atoms with E-state index < -0.39 is 0 Å². The maximum Gasteiger partial charge on any atom is 0.00391 e. The van der Waals surface area contributed by atoms with Gasteiger partial charge in [-0.3, -0.25) is 0 Å². The summed E-state index contributed by atoms with van der Waals surface area (Å²) in [6, 6.07) is 0. The fourth-order valence-electron chi connectivity index (χ4n) is 2.19. The smallest absolute Gasteiger partial charge is 0.00391 e. The third kappa shape index (κ3) is 0.938. The van der Waals surface area contributed by atoms with Crippen LogP contribution in [-0.4, -0.2) is 0 Å². The average Bonchev–Trinajstić information content (AvgIpc) is 2.63. The van der Waals surface area contributed by atoms with Gasteiger partial charge < -0.3 is 5.73 Å². The molecule has 0 aromatic carbocycles. The van der Waals surface area contributed by atoms with Crippen LogP contribution in [0.1, 0.15) is 25.7 Å². The van der Waals surface area contributed by atoms with Crippen LogP contribution in [0.5, 0.6) is 0 Å².